The van der Waals surface area contributed by atoms with Crippen LogP contribution in [0.25, 0.3) is 32.7 Å². The van der Waals surface area contributed by atoms with Crippen molar-refractivity contribution in [2.24, 2.45) is 0 Å². The summed E-state index contributed by atoms with van der Waals surface area (Å²) in [4.78, 5) is 24.5. The summed E-state index contributed by atoms with van der Waals surface area (Å²) >= 11 is 0. The van der Waals surface area contributed by atoms with Gasteiger partial charge < -0.3 is 19.0 Å². The van der Waals surface area contributed by atoms with E-state index < -0.39 is 11.3 Å². The zero-order chi connectivity index (χ0) is 15.4. The summed E-state index contributed by atoms with van der Waals surface area (Å²) in [5.41, 5.74) is -1.33. The number of fused-ring (bicyclic) bond motifs is 5. The van der Waals surface area contributed by atoms with Crippen LogP contribution < -0.4 is 11.3 Å². The maximum Gasteiger partial charge on any atom is 0.345 e. The van der Waals surface area contributed by atoms with E-state index in [4.69, 9.17) is 8.83 Å². The summed E-state index contributed by atoms with van der Waals surface area (Å²) in [6.07, 6.45) is 0. The van der Waals surface area contributed by atoms with Gasteiger partial charge in [0.25, 0.3) is 0 Å². The van der Waals surface area contributed by atoms with Gasteiger partial charge in [-0.1, -0.05) is 18.2 Å². The summed E-state index contributed by atoms with van der Waals surface area (Å²) < 4.78 is 10.4. The number of para-hydroxylation sites is 1. The molecule has 6 heteroatoms. The number of hydrogen-bond donors (Lipinski definition) is 2. The van der Waals surface area contributed by atoms with Crippen LogP contribution in [0.5, 0.6) is 11.5 Å². The van der Waals surface area contributed by atoms with Crippen molar-refractivity contribution >= 4 is 32.7 Å². The van der Waals surface area contributed by atoms with Gasteiger partial charge >= 0.3 is 11.3 Å². The maximum absolute atomic E-state index is 12.3. The molecule has 0 unspecified atom stereocenters. The van der Waals surface area contributed by atoms with Crippen molar-refractivity contribution in [3.63, 3.8) is 0 Å². The number of phenols is 2. The van der Waals surface area contributed by atoms with Gasteiger partial charge in [0.05, 0.1) is 16.2 Å². The fourth-order valence-electron chi connectivity index (χ4n) is 2.66. The molecule has 6 nitrogen and oxygen atoms in total. The number of aromatic hydroxyl groups is 2. The van der Waals surface area contributed by atoms with Gasteiger partial charge in [0.15, 0.2) is 0 Å². The Labute approximate surface area is 121 Å². The molecule has 0 saturated heterocycles. The summed E-state index contributed by atoms with van der Waals surface area (Å²) in [7, 11) is 0. The Kier molecular flexibility index (Phi) is 2.33. The third-order valence-corrected chi connectivity index (χ3v) is 3.54. The van der Waals surface area contributed by atoms with E-state index in [1.165, 1.54) is 0 Å². The zero-order valence-corrected chi connectivity index (χ0v) is 11.0. The second-order valence-electron chi connectivity index (χ2n) is 4.86. The molecule has 2 aromatic heterocycles. The highest BCUT2D eigenvalue weighted by Gasteiger charge is 2.19. The van der Waals surface area contributed by atoms with Gasteiger partial charge in [0.2, 0.25) is 0 Å². The minimum Gasteiger partial charge on any atom is -0.508 e. The molecule has 108 valence electrons. The van der Waals surface area contributed by atoms with E-state index in [1.54, 1.807) is 24.3 Å². The lowest BCUT2D eigenvalue weighted by Gasteiger charge is -2.06. The molecule has 0 spiro atoms. The third-order valence-electron chi connectivity index (χ3n) is 3.54. The second-order valence-corrected chi connectivity index (χ2v) is 4.86. The van der Waals surface area contributed by atoms with Crippen LogP contribution in [0, 0.1) is 0 Å². The van der Waals surface area contributed by atoms with Crippen LogP contribution in [0.4, 0.5) is 0 Å². The van der Waals surface area contributed by atoms with Gasteiger partial charge in [-0.15, -0.1) is 0 Å². The second kappa shape index (κ2) is 4.11. The Morgan fingerprint density at radius 3 is 2.27 bits per heavy atom. The van der Waals surface area contributed by atoms with Crippen LogP contribution in [0.1, 0.15) is 0 Å². The van der Waals surface area contributed by atoms with Crippen molar-refractivity contribution in [1.29, 1.82) is 0 Å². The molecule has 0 saturated carbocycles. The smallest absolute Gasteiger partial charge is 0.345 e. The summed E-state index contributed by atoms with van der Waals surface area (Å²) in [6.45, 7) is 0. The Morgan fingerprint density at radius 1 is 0.773 bits per heavy atom. The number of benzene rings is 2. The monoisotopic (exact) mass is 296 g/mol. The fourth-order valence-corrected chi connectivity index (χ4v) is 2.66. The highest BCUT2D eigenvalue weighted by molar-refractivity contribution is 6.14. The van der Waals surface area contributed by atoms with Crippen molar-refractivity contribution in [1.82, 2.24) is 0 Å². The maximum atomic E-state index is 12.3. The molecule has 0 amide bonds. The van der Waals surface area contributed by atoms with Crippen LogP contribution in [-0.4, -0.2) is 10.2 Å². The van der Waals surface area contributed by atoms with E-state index in [9.17, 15) is 19.8 Å². The Hall–Kier alpha value is -3.28. The highest BCUT2D eigenvalue weighted by Crippen LogP contribution is 2.34. The lowest BCUT2D eigenvalue weighted by molar-refractivity contribution is 0.451. The third kappa shape index (κ3) is 1.54. The van der Waals surface area contributed by atoms with Crippen molar-refractivity contribution in [2.75, 3.05) is 0 Å². The van der Waals surface area contributed by atoms with Crippen LogP contribution in [0.2, 0.25) is 0 Å². The molecule has 0 fully saturated rings. The molecule has 0 radical (unpaired) electrons. The Bertz CT molecular complexity index is 1180. The molecule has 2 aromatic carbocycles. The molecule has 2 heterocycles. The minimum absolute atomic E-state index is 0.0342. The summed E-state index contributed by atoms with van der Waals surface area (Å²) in [6, 6.07) is 8.79. The standard InChI is InChI=1S/C16H8O6/c17-7-5-9(18)13-11(6-7)22-15(19)12-8-3-1-2-4-10(8)21-16(20)14(12)13/h1-6,17-18H. The molecule has 22 heavy (non-hydrogen) atoms. The predicted molar refractivity (Wildman–Crippen MR) is 79.4 cm³/mol. The average molecular weight is 296 g/mol. The molecule has 0 aliphatic rings. The average Bonchev–Trinajstić information content (AvgIpc) is 2.46. The first-order valence-electron chi connectivity index (χ1n) is 6.40. The van der Waals surface area contributed by atoms with Gasteiger partial charge in [-0.05, 0) is 6.07 Å². The minimum atomic E-state index is -0.757. The lowest BCUT2D eigenvalue weighted by atomic mass is 10.1. The molecule has 2 N–H and O–H groups in total. The molecule has 4 rings (SSSR count). The van der Waals surface area contributed by atoms with E-state index in [0.717, 1.165) is 12.1 Å². The van der Waals surface area contributed by atoms with E-state index in [0.29, 0.717) is 5.39 Å². The quantitative estimate of drug-likeness (QED) is 0.382. The first-order chi connectivity index (χ1) is 10.6. The van der Waals surface area contributed by atoms with Crippen molar-refractivity contribution in [3.8, 4) is 11.5 Å². The normalized spacial score (nSPS) is 11.5. The Morgan fingerprint density at radius 2 is 1.45 bits per heavy atom. The fraction of sp³-hybridized carbons (Fsp3) is 0. The van der Waals surface area contributed by atoms with Gasteiger partial charge in [-0.25, -0.2) is 9.59 Å². The predicted octanol–water partition coefficient (Wildman–Crippen LogP) is 2.46. The summed E-state index contributed by atoms with van der Waals surface area (Å²) in [5, 5.41) is 20.0. The first kappa shape index (κ1) is 12.5. The zero-order valence-electron chi connectivity index (χ0n) is 11.0. The summed E-state index contributed by atoms with van der Waals surface area (Å²) in [5.74, 6) is -0.649. The van der Waals surface area contributed by atoms with E-state index >= 15 is 0 Å². The molecular formula is C16H8O6. The molecule has 0 atom stereocenters. The van der Waals surface area contributed by atoms with Crippen molar-refractivity contribution < 1.29 is 19.0 Å². The van der Waals surface area contributed by atoms with E-state index in [-0.39, 0.29) is 38.8 Å². The molecular weight excluding hydrogens is 288 g/mol. The number of hydrogen-bond acceptors (Lipinski definition) is 6. The lowest BCUT2D eigenvalue weighted by Crippen LogP contribution is -2.09. The molecule has 0 aliphatic heterocycles. The topological polar surface area (TPSA) is 101 Å². The highest BCUT2D eigenvalue weighted by atomic mass is 16.4. The molecule has 0 aliphatic carbocycles. The number of phenolic OH excluding ortho intramolecular Hbond substituents is 2. The van der Waals surface area contributed by atoms with Gasteiger partial charge in [0.1, 0.15) is 22.7 Å². The largest absolute Gasteiger partial charge is 0.508 e. The van der Waals surface area contributed by atoms with E-state index in [2.05, 4.69) is 0 Å². The SMILES string of the molecule is O=c1oc2cc(O)cc(O)c2c2c(=O)oc3ccccc3c12. The molecule has 0 bridgehead atoms. The van der Waals surface area contributed by atoms with Crippen LogP contribution in [0.15, 0.2) is 54.8 Å². The number of rotatable bonds is 0. The van der Waals surface area contributed by atoms with Gasteiger partial charge in [-0.3, -0.25) is 0 Å². The van der Waals surface area contributed by atoms with Crippen molar-refractivity contribution in [3.05, 3.63) is 57.2 Å². The van der Waals surface area contributed by atoms with E-state index in [1.807, 2.05) is 0 Å². The van der Waals surface area contributed by atoms with Crippen LogP contribution in [0.3, 0.4) is 0 Å². The van der Waals surface area contributed by atoms with Gasteiger partial charge in [0, 0.05) is 17.5 Å². The van der Waals surface area contributed by atoms with Crippen molar-refractivity contribution in [2.45, 2.75) is 0 Å². The van der Waals surface area contributed by atoms with Gasteiger partial charge in [-0.2, -0.15) is 0 Å². The van der Waals surface area contributed by atoms with Crippen LogP contribution in [-0.2, 0) is 0 Å². The molecule has 4 aromatic rings. The first-order valence-corrected chi connectivity index (χ1v) is 6.40. The Balaban J connectivity index is 2.46. The van der Waals surface area contributed by atoms with Crippen LogP contribution >= 0.6 is 0 Å².